The van der Waals surface area contributed by atoms with Crippen LogP contribution in [0.2, 0.25) is 0 Å². The number of alkyl halides is 4. The molecule has 0 rings (SSSR count). The molecular weight excluding hydrogens is 338 g/mol. The summed E-state index contributed by atoms with van der Waals surface area (Å²) in [6.45, 7) is 0. The molecule has 0 aliphatic carbocycles. The summed E-state index contributed by atoms with van der Waals surface area (Å²) in [4.78, 5) is 0. The fourth-order valence-electron chi connectivity index (χ4n) is 0.300. The Morgan fingerprint density at radius 2 is 0.875 bits per heavy atom. The van der Waals surface area contributed by atoms with Crippen LogP contribution in [0.15, 0.2) is 0 Å². The summed E-state index contributed by atoms with van der Waals surface area (Å²) < 4.78 is 102. The van der Waals surface area contributed by atoms with E-state index in [9.17, 15) is 34.4 Å². The predicted molar refractivity (Wildman–Crippen MR) is 35.2 cm³/mol. The van der Waals surface area contributed by atoms with Crippen LogP contribution in [-0.4, -0.2) is 36.5 Å². The van der Waals surface area contributed by atoms with E-state index in [1.165, 1.54) is 0 Å². The SMILES string of the molecule is O=S(=O)(O)C(F)(F)C(F)(F)S(=O)(=O)O.[H-].[H-].[K+].[K+]. The standard InChI is InChI=1S/C2H2F4O6S2.2K.2H/c3-1(4,13(7,8)9)2(5,6)14(10,11)12;;;;/h(H,7,8,9)(H,10,11,12);;;;/q;2*+1;2*-1. The van der Waals surface area contributed by atoms with Crippen LogP contribution < -0.4 is 103 Å². The van der Waals surface area contributed by atoms with Gasteiger partial charge in [-0.05, 0) is 0 Å². The van der Waals surface area contributed by atoms with Crippen LogP contribution in [0.5, 0.6) is 0 Å². The van der Waals surface area contributed by atoms with Crippen molar-refractivity contribution in [1.82, 2.24) is 0 Å². The van der Waals surface area contributed by atoms with Gasteiger partial charge >= 0.3 is 134 Å². The summed E-state index contributed by atoms with van der Waals surface area (Å²) in [7, 11) is -13.3. The van der Waals surface area contributed by atoms with Crippen molar-refractivity contribution in [3.05, 3.63) is 0 Å². The normalized spacial score (nSPS) is 13.6. The van der Waals surface area contributed by atoms with Gasteiger partial charge in [0.1, 0.15) is 0 Å². The third-order valence-electron chi connectivity index (χ3n) is 0.987. The Morgan fingerprint density at radius 1 is 0.750 bits per heavy atom. The zero-order chi connectivity index (χ0) is 12.0. The first-order valence-corrected chi connectivity index (χ1v) is 5.33. The van der Waals surface area contributed by atoms with Crippen LogP contribution in [0.1, 0.15) is 2.85 Å². The molecular formula is C2H4F4K2O6S2. The summed E-state index contributed by atoms with van der Waals surface area (Å²) in [5.74, 6) is 0. The molecule has 16 heavy (non-hydrogen) atoms. The molecule has 0 radical (unpaired) electrons. The maximum absolute atomic E-state index is 12.1. The molecule has 2 N–H and O–H groups in total. The first kappa shape index (κ1) is 23.9. The fourth-order valence-corrected chi connectivity index (χ4v) is 1.53. The van der Waals surface area contributed by atoms with Gasteiger partial charge in [0, 0.05) is 0 Å². The average molecular weight is 342 g/mol. The number of halogens is 4. The molecule has 0 atom stereocenters. The van der Waals surface area contributed by atoms with Gasteiger partial charge < -0.3 is 2.85 Å². The van der Waals surface area contributed by atoms with Crippen LogP contribution in [0.3, 0.4) is 0 Å². The number of rotatable bonds is 3. The van der Waals surface area contributed by atoms with Gasteiger partial charge in [-0.15, -0.1) is 0 Å². The Kier molecular flexibility index (Phi) is 10.4. The summed E-state index contributed by atoms with van der Waals surface area (Å²) in [5.41, 5.74) is 0. The maximum Gasteiger partial charge on any atom is 1.00 e. The molecule has 0 unspecified atom stereocenters. The van der Waals surface area contributed by atoms with Crippen molar-refractivity contribution in [3.8, 4) is 0 Å². The van der Waals surface area contributed by atoms with Crippen LogP contribution in [-0.2, 0) is 20.2 Å². The minimum Gasteiger partial charge on any atom is -1.00 e. The monoisotopic (exact) mass is 342 g/mol. The molecule has 0 aromatic carbocycles. The van der Waals surface area contributed by atoms with E-state index in [4.69, 9.17) is 9.11 Å². The van der Waals surface area contributed by atoms with Crippen molar-refractivity contribution in [3.63, 3.8) is 0 Å². The Morgan fingerprint density at radius 3 is 0.938 bits per heavy atom. The van der Waals surface area contributed by atoms with E-state index in [0.717, 1.165) is 0 Å². The first-order chi connectivity index (χ1) is 5.75. The van der Waals surface area contributed by atoms with Gasteiger partial charge in [-0.25, -0.2) is 0 Å². The van der Waals surface area contributed by atoms with Crippen LogP contribution in [0.25, 0.3) is 0 Å². The number of hydrogen-bond acceptors (Lipinski definition) is 4. The Balaban J connectivity index is -0.000000141. The average Bonchev–Trinajstić information content (AvgIpc) is 1.81. The van der Waals surface area contributed by atoms with Gasteiger partial charge in [-0.2, -0.15) is 34.4 Å². The van der Waals surface area contributed by atoms with Gasteiger partial charge in [0.05, 0.1) is 0 Å². The topological polar surface area (TPSA) is 109 Å². The Bertz CT molecular complexity index is 395. The van der Waals surface area contributed by atoms with E-state index in [-0.39, 0.29) is 106 Å². The molecule has 0 spiro atoms. The van der Waals surface area contributed by atoms with E-state index < -0.39 is 30.7 Å². The third kappa shape index (κ3) is 4.73. The molecule has 0 heterocycles. The van der Waals surface area contributed by atoms with Gasteiger partial charge in [0.25, 0.3) is 0 Å². The molecule has 90 valence electrons. The third-order valence-corrected chi connectivity index (χ3v) is 2.92. The molecule has 6 nitrogen and oxygen atoms in total. The van der Waals surface area contributed by atoms with Gasteiger partial charge in [0.2, 0.25) is 0 Å². The molecule has 0 aromatic rings. The van der Waals surface area contributed by atoms with Crippen molar-refractivity contribution >= 4 is 20.2 Å². The quantitative estimate of drug-likeness (QED) is 0.300. The summed E-state index contributed by atoms with van der Waals surface area (Å²) in [6.07, 6.45) is 0. The summed E-state index contributed by atoms with van der Waals surface area (Å²) in [5, 5.41) is -12.7. The smallest absolute Gasteiger partial charge is 1.00 e. The molecule has 0 aliphatic heterocycles. The van der Waals surface area contributed by atoms with Crippen molar-refractivity contribution < 1.29 is 149 Å². The summed E-state index contributed by atoms with van der Waals surface area (Å²) >= 11 is 0. The van der Waals surface area contributed by atoms with Crippen LogP contribution >= 0.6 is 0 Å². The zero-order valence-electron chi connectivity index (χ0n) is 9.86. The minimum absolute atomic E-state index is 0. The van der Waals surface area contributed by atoms with E-state index in [1.807, 2.05) is 0 Å². The van der Waals surface area contributed by atoms with Gasteiger partial charge in [0.15, 0.2) is 0 Å². The molecule has 0 saturated carbocycles. The van der Waals surface area contributed by atoms with Crippen LogP contribution in [0.4, 0.5) is 17.6 Å². The first-order valence-electron chi connectivity index (χ1n) is 2.45. The molecule has 0 aliphatic rings. The molecule has 0 saturated heterocycles. The molecule has 14 heteroatoms. The second kappa shape index (κ2) is 7.00. The van der Waals surface area contributed by atoms with E-state index in [1.54, 1.807) is 0 Å². The van der Waals surface area contributed by atoms with Crippen molar-refractivity contribution in [2.45, 2.75) is 10.5 Å². The molecule has 0 fully saturated rings. The molecule has 0 bridgehead atoms. The largest absolute Gasteiger partial charge is 1.00 e. The van der Waals surface area contributed by atoms with Crippen molar-refractivity contribution in [2.75, 3.05) is 0 Å². The van der Waals surface area contributed by atoms with Crippen molar-refractivity contribution in [1.29, 1.82) is 0 Å². The second-order valence-electron chi connectivity index (χ2n) is 1.98. The zero-order valence-corrected chi connectivity index (χ0v) is 15.7. The minimum atomic E-state index is -6.67. The van der Waals surface area contributed by atoms with Crippen LogP contribution in [0, 0.1) is 0 Å². The maximum atomic E-state index is 12.1. The fraction of sp³-hybridized carbons (Fsp3) is 1.00. The van der Waals surface area contributed by atoms with Crippen molar-refractivity contribution in [2.24, 2.45) is 0 Å². The Labute approximate surface area is 176 Å². The van der Waals surface area contributed by atoms with E-state index in [2.05, 4.69) is 0 Å². The molecule has 0 aromatic heterocycles. The van der Waals surface area contributed by atoms with Gasteiger partial charge in [-0.1, -0.05) is 0 Å². The second-order valence-corrected chi connectivity index (χ2v) is 4.91. The van der Waals surface area contributed by atoms with Gasteiger partial charge in [-0.3, -0.25) is 9.11 Å². The predicted octanol–water partition coefficient (Wildman–Crippen LogP) is -5.82. The number of hydrogen-bond donors (Lipinski definition) is 2. The Hall–Kier alpha value is 2.81. The van der Waals surface area contributed by atoms with E-state index in [0.29, 0.717) is 0 Å². The van der Waals surface area contributed by atoms with E-state index >= 15 is 0 Å². The summed E-state index contributed by atoms with van der Waals surface area (Å²) in [6, 6.07) is 0. The molecule has 0 amide bonds.